The van der Waals surface area contributed by atoms with E-state index < -0.39 is 0 Å². The van der Waals surface area contributed by atoms with Gasteiger partial charge in [0.25, 0.3) is 5.91 Å². The van der Waals surface area contributed by atoms with E-state index in [0.29, 0.717) is 13.1 Å². The van der Waals surface area contributed by atoms with E-state index in [9.17, 15) is 9.59 Å². The highest BCUT2D eigenvalue weighted by atomic mass is 32.1. The Hall–Kier alpha value is -2.67. The number of aryl methyl sites for hydroxylation is 2. The van der Waals surface area contributed by atoms with Crippen LogP contribution in [-0.2, 0) is 11.3 Å². The highest BCUT2D eigenvalue weighted by Gasteiger charge is 2.32. The monoisotopic (exact) mass is 396 g/mol. The number of carbonyl (C=O) groups excluding carboxylic acids is 2. The molecule has 0 unspecified atom stereocenters. The molecule has 1 aromatic carbocycles. The van der Waals surface area contributed by atoms with Crippen molar-refractivity contribution in [2.24, 2.45) is 0 Å². The van der Waals surface area contributed by atoms with Crippen molar-refractivity contribution in [3.63, 3.8) is 0 Å². The minimum absolute atomic E-state index is 0.0522. The van der Waals surface area contributed by atoms with Gasteiger partial charge in [0.1, 0.15) is 6.54 Å². The van der Waals surface area contributed by atoms with E-state index in [1.807, 2.05) is 36.9 Å². The van der Waals surface area contributed by atoms with E-state index in [-0.39, 0.29) is 24.3 Å². The Bertz CT molecular complexity index is 1050. The minimum Gasteiger partial charge on any atom is -0.354 e. The van der Waals surface area contributed by atoms with Crippen LogP contribution in [0.2, 0.25) is 0 Å². The maximum atomic E-state index is 12.8. The van der Waals surface area contributed by atoms with Gasteiger partial charge in [0, 0.05) is 36.4 Å². The average Bonchev–Trinajstić information content (AvgIpc) is 3.37. The van der Waals surface area contributed by atoms with Crippen LogP contribution in [0.1, 0.15) is 39.0 Å². The molecule has 3 aromatic rings. The Morgan fingerprint density at radius 2 is 2.07 bits per heavy atom. The Morgan fingerprint density at radius 3 is 2.79 bits per heavy atom. The van der Waals surface area contributed by atoms with Gasteiger partial charge in [0.2, 0.25) is 5.91 Å². The van der Waals surface area contributed by atoms with Crippen LogP contribution >= 0.6 is 11.3 Å². The molecule has 0 saturated carbocycles. The van der Waals surface area contributed by atoms with E-state index in [4.69, 9.17) is 0 Å². The number of rotatable bonds is 4. The second-order valence-corrected chi connectivity index (χ2v) is 8.38. The Balaban J connectivity index is 1.58. The van der Waals surface area contributed by atoms with E-state index in [1.165, 1.54) is 11.3 Å². The summed E-state index contributed by atoms with van der Waals surface area (Å²) < 4.78 is 2.88. The number of thiophene rings is 1. The molecule has 0 spiro atoms. The van der Waals surface area contributed by atoms with Crippen molar-refractivity contribution < 1.29 is 9.59 Å². The number of likely N-dealkylation sites (tertiary alicyclic amines) is 1. The van der Waals surface area contributed by atoms with Crippen molar-refractivity contribution in [1.82, 2.24) is 20.0 Å². The van der Waals surface area contributed by atoms with E-state index in [2.05, 4.69) is 22.5 Å². The normalized spacial score (nSPS) is 16.7. The maximum Gasteiger partial charge on any atom is 0.261 e. The van der Waals surface area contributed by atoms with Gasteiger partial charge in [0.15, 0.2) is 0 Å². The predicted octanol–water partition coefficient (Wildman–Crippen LogP) is 3.09. The molecule has 3 heterocycles. The summed E-state index contributed by atoms with van der Waals surface area (Å²) in [4.78, 5) is 28.0. The lowest BCUT2D eigenvalue weighted by molar-refractivity contribution is -0.131. The average molecular weight is 397 g/mol. The predicted molar refractivity (Wildman–Crippen MR) is 111 cm³/mol. The van der Waals surface area contributed by atoms with Crippen LogP contribution in [0.25, 0.3) is 10.1 Å². The molecule has 0 bridgehead atoms. The molecule has 2 amide bonds. The standard InChI is InChI=1S/C21H24N4O2S/c1-13-10-14(2)25(23-13)12-18(26)24-9-8-15(11-24)19-16-6-4-5-7-17(16)28-20(19)21(27)22-3/h4-7,10,15H,8-9,11-12H2,1-3H3,(H,22,27)/t15-/m0/s1. The van der Waals surface area contributed by atoms with E-state index in [0.717, 1.165) is 38.3 Å². The molecule has 6 nitrogen and oxygen atoms in total. The lowest BCUT2D eigenvalue weighted by atomic mass is 9.95. The zero-order valence-corrected chi connectivity index (χ0v) is 17.2. The Kier molecular flexibility index (Phi) is 4.93. The van der Waals surface area contributed by atoms with Gasteiger partial charge in [-0.1, -0.05) is 18.2 Å². The second kappa shape index (κ2) is 7.39. The number of hydrogen-bond donors (Lipinski definition) is 1. The molecule has 1 aliphatic rings. The van der Waals surface area contributed by atoms with Crippen LogP contribution in [0.3, 0.4) is 0 Å². The zero-order chi connectivity index (χ0) is 19.8. The highest BCUT2D eigenvalue weighted by Crippen LogP contribution is 2.40. The van der Waals surface area contributed by atoms with Crippen LogP contribution in [0.15, 0.2) is 30.3 Å². The summed E-state index contributed by atoms with van der Waals surface area (Å²) in [6.07, 6.45) is 0.869. The first-order valence-electron chi connectivity index (χ1n) is 9.50. The number of fused-ring (bicyclic) bond motifs is 1. The van der Waals surface area contributed by atoms with Gasteiger partial charge < -0.3 is 10.2 Å². The van der Waals surface area contributed by atoms with Crippen LogP contribution < -0.4 is 5.32 Å². The number of amides is 2. The van der Waals surface area contributed by atoms with Crippen molar-refractivity contribution >= 4 is 33.2 Å². The van der Waals surface area contributed by atoms with Crippen molar-refractivity contribution in [2.75, 3.05) is 20.1 Å². The molecule has 0 radical (unpaired) electrons. The molecule has 7 heteroatoms. The highest BCUT2D eigenvalue weighted by molar-refractivity contribution is 7.21. The third kappa shape index (κ3) is 3.30. The van der Waals surface area contributed by atoms with E-state index in [1.54, 1.807) is 11.7 Å². The molecule has 0 aliphatic carbocycles. The summed E-state index contributed by atoms with van der Waals surface area (Å²) in [5.74, 6) is 0.200. The molecule has 1 saturated heterocycles. The van der Waals surface area contributed by atoms with Crippen LogP contribution in [0.5, 0.6) is 0 Å². The molecule has 1 fully saturated rings. The molecule has 28 heavy (non-hydrogen) atoms. The van der Waals surface area contributed by atoms with Crippen molar-refractivity contribution in [1.29, 1.82) is 0 Å². The Labute approximate surface area is 168 Å². The van der Waals surface area contributed by atoms with Crippen LogP contribution in [0.4, 0.5) is 0 Å². The SMILES string of the molecule is CNC(=O)c1sc2ccccc2c1[C@H]1CCN(C(=O)Cn2nc(C)cc2C)C1. The molecule has 1 atom stereocenters. The number of nitrogens with zero attached hydrogens (tertiary/aromatic N) is 3. The lowest BCUT2D eigenvalue weighted by Crippen LogP contribution is -2.32. The van der Waals surface area contributed by atoms with Gasteiger partial charge >= 0.3 is 0 Å². The molecule has 2 aromatic heterocycles. The number of aromatic nitrogens is 2. The van der Waals surface area contributed by atoms with Crippen molar-refractivity contribution in [3.05, 3.63) is 52.2 Å². The first-order valence-corrected chi connectivity index (χ1v) is 10.3. The van der Waals surface area contributed by atoms with E-state index >= 15 is 0 Å². The number of benzene rings is 1. The summed E-state index contributed by atoms with van der Waals surface area (Å²) in [6, 6.07) is 10.1. The first kappa shape index (κ1) is 18.7. The van der Waals surface area contributed by atoms with Crippen LogP contribution in [-0.4, -0.2) is 46.6 Å². The third-order valence-corrected chi connectivity index (χ3v) is 6.59. The molecule has 1 aliphatic heterocycles. The topological polar surface area (TPSA) is 67.2 Å². The zero-order valence-electron chi connectivity index (χ0n) is 16.4. The van der Waals surface area contributed by atoms with Gasteiger partial charge in [0.05, 0.1) is 10.6 Å². The van der Waals surface area contributed by atoms with Gasteiger partial charge in [-0.15, -0.1) is 11.3 Å². The van der Waals surface area contributed by atoms with Crippen LogP contribution in [0, 0.1) is 13.8 Å². The Morgan fingerprint density at radius 1 is 1.29 bits per heavy atom. The molecule has 1 N–H and O–H groups in total. The number of nitrogens with one attached hydrogen (secondary N) is 1. The molecule has 146 valence electrons. The van der Waals surface area contributed by atoms with Crippen molar-refractivity contribution in [3.8, 4) is 0 Å². The second-order valence-electron chi connectivity index (χ2n) is 7.33. The first-order chi connectivity index (χ1) is 13.5. The van der Waals surface area contributed by atoms with Gasteiger partial charge in [-0.05, 0) is 43.4 Å². The fourth-order valence-corrected chi connectivity index (χ4v) is 5.27. The largest absolute Gasteiger partial charge is 0.354 e. The number of carbonyl (C=O) groups is 2. The molecular weight excluding hydrogens is 372 g/mol. The smallest absolute Gasteiger partial charge is 0.261 e. The summed E-state index contributed by atoms with van der Waals surface area (Å²) in [7, 11) is 1.66. The summed E-state index contributed by atoms with van der Waals surface area (Å²) in [5, 5.41) is 8.29. The summed E-state index contributed by atoms with van der Waals surface area (Å²) in [6.45, 7) is 5.51. The maximum absolute atomic E-state index is 12.8. The summed E-state index contributed by atoms with van der Waals surface area (Å²) >= 11 is 1.53. The molecular formula is C21H24N4O2S. The fourth-order valence-electron chi connectivity index (χ4n) is 4.04. The quantitative estimate of drug-likeness (QED) is 0.737. The minimum atomic E-state index is -0.0522. The number of hydrogen-bond acceptors (Lipinski definition) is 4. The van der Waals surface area contributed by atoms with Gasteiger partial charge in [-0.25, -0.2) is 0 Å². The summed E-state index contributed by atoms with van der Waals surface area (Å²) in [5.41, 5.74) is 3.00. The van der Waals surface area contributed by atoms with Gasteiger partial charge in [-0.2, -0.15) is 5.10 Å². The third-order valence-electron chi connectivity index (χ3n) is 5.40. The van der Waals surface area contributed by atoms with Gasteiger partial charge in [-0.3, -0.25) is 14.3 Å². The molecule has 4 rings (SSSR count). The lowest BCUT2D eigenvalue weighted by Gasteiger charge is -2.17. The fraction of sp³-hybridized carbons (Fsp3) is 0.381. The van der Waals surface area contributed by atoms with Crippen molar-refractivity contribution in [2.45, 2.75) is 32.7 Å².